The highest BCUT2D eigenvalue weighted by atomic mass is 19.1. The third kappa shape index (κ3) is 3.77. The van der Waals surface area contributed by atoms with E-state index in [0.717, 1.165) is 19.0 Å². The molecule has 0 bridgehead atoms. The molecule has 0 aliphatic carbocycles. The highest BCUT2D eigenvalue weighted by Gasteiger charge is 2.23. The predicted molar refractivity (Wildman–Crippen MR) is 71.7 cm³/mol. The third-order valence-electron chi connectivity index (χ3n) is 3.34. The van der Waals surface area contributed by atoms with Crippen molar-refractivity contribution in [3.05, 3.63) is 35.4 Å². The first kappa shape index (κ1) is 15.1. The molecule has 1 rings (SSSR count). The fraction of sp³-hybridized carbons (Fsp3) is 0.600. The molecule has 1 N–H and O–H groups in total. The Balaban J connectivity index is 2.90. The van der Waals surface area contributed by atoms with Gasteiger partial charge in [0.1, 0.15) is 11.6 Å². The lowest BCUT2D eigenvalue weighted by Gasteiger charge is -2.29. The lowest BCUT2D eigenvalue weighted by molar-refractivity contribution is 0.348. The van der Waals surface area contributed by atoms with Crippen LogP contribution in [-0.2, 0) is 0 Å². The van der Waals surface area contributed by atoms with Crippen LogP contribution in [0.1, 0.15) is 45.6 Å². The van der Waals surface area contributed by atoms with Gasteiger partial charge in [0.05, 0.1) is 0 Å². The molecule has 0 saturated heterocycles. The van der Waals surface area contributed by atoms with Crippen molar-refractivity contribution in [2.75, 3.05) is 6.54 Å². The van der Waals surface area contributed by atoms with E-state index >= 15 is 0 Å². The lowest BCUT2D eigenvalue weighted by atomic mass is 9.86. The van der Waals surface area contributed by atoms with Crippen LogP contribution in [0, 0.1) is 17.6 Å². The second-order valence-corrected chi connectivity index (χ2v) is 5.18. The summed E-state index contributed by atoms with van der Waals surface area (Å²) < 4.78 is 26.7. The van der Waals surface area contributed by atoms with E-state index in [1.807, 2.05) is 6.92 Å². The highest BCUT2D eigenvalue weighted by molar-refractivity contribution is 5.23. The summed E-state index contributed by atoms with van der Waals surface area (Å²) in [5.41, 5.74) is 0.582. The summed E-state index contributed by atoms with van der Waals surface area (Å²) in [6.07, 6.45) is 1.04. The van der Waals surface area contributed by atoms with E-state index in [2.05, 4.69) is 26.1 Å². The van der Waals surface area contributed by atoms with Crippen LogP contribution < -0.4 is 5.32 Å². The van der Waals surface area contributed by atoms with Gasteiger partial charge in [-0.15, -0.1) is 0 Å². The first-order valence-electron chi connectivity index (χ1n) is 6.65. The van der Waals surface area contributed by atoms with Gasteiger partial charge in [-0.05, 0) is 36.4 Å². The summed E-state index contributed by atoms with van der Waals surface area (Å²) in [4.78, 5) is 0. The van der Waals surface area contributed by atoms with Gasteiger partial charge in [-0.3, -0.25) is 0 Å². The van der Waals surface area contributed by atoms with Crippen molar-refractivity contribution < 1.29 is 8.78 Å². The number of nitrogens with one attached hydrogen (secondary N) is 1. The average molecular weight is 255 g/mol. The van der Waals surface area contributed by atoms with Gasteiger partial charge in [0.15, 0.2) is 0 Å². The standard InChI is InChI=1S/C15H23F2N/c1-5-8-18-15(10(2)3)11(4)13-7-6-12(16)9-14(13)17/h6-7,9-11,15,18H,5,8H2,1-4H3. The SMILES string of the molecule is CCCNC(C(C)C)C(C)c1ccc(F)cc1F. The molecular formula is C15H23F2N. The molecule has 0 aromatic heterocycles. The largest absolute Gasteiger partial charge is 0.313 e. The van der Waals surface area contributed by atoms with Crippen molar-refractivity contribution in [1.29, 1.82) is 0 Å². The Morgan fingerprint density at radius 3 is 2.33 bits per heavy atom. The molecule has 0 radical (unpaired) electrons. The number of hydrogen-bond acceptors (Lipinski definition) is 1. The van der Waals surface area contributed by atoms with Crippen molar-refractivity contribution in [2.45, 2.75) is 46.1 Å². The summed E-state index contributed by atoms with van der Waals surface area (Å²) in [6.45, 7) is 9.24. The van der Waals surface area contributed by atoms with Crippen LogP contribution in [0.4, 0.5) is 8.78 Å². The zero-order valence-electron chi connectivity index (χ0n) is 11.6. The van der Waals surface area contributed by atoms with E-state index in [1.54, 1.807) is 6.07 Å². The lowest BCUT2D eigenvalue weighted by Crippen LogP contribution is -2.39. The van der Waals surface area contributed by atoms with Gasteiger partial charge in [-0.1, -0.05) is 33.8 Å². The van der Waals surface area contributed by atoms with E-state index in [1.165, 1.54) is 6.07 Å². The van der Waals surface area contributed by atoms with Crippen molar-refractivity contribution in [3.8, 4) is 0 Å². The van der Waals surface area contributed by atoms with Crippen LogP contribution in [0.3, 0.4) is 0 Å². The number of benzene rings is 1. The Kier molecular flexibility index (Phi) is 5.73. The first-order valence-corrected chi connectivity index (χ1v) is 6.65. The van der Waals surface area contributed by atoms with E-state index in [9.17, 15) is 8.78 Å². The van der Waals surface area contributed by atoms with Gasteiger partial charge < -0.3 is 5.32 Å². The van der Waals surface area contributed by atoms with Crippen molar-refractivity contribution >= 4 is 0 Å². The topological polar surface area (TPSA) is 12.0 Å². The fourth-order valence-corrected chi connectivity index (χ4v) is 2.37. The molecule has 0 amide bonds. The maximum atomic E-state index is 13.8. The molecule has 3 heteroatoms. The van der Waals surface area contributed by atoms with Crippen LogP contribution in [0.15, 0.2) is 18.2 Å². The molecule has 1 nitrogen and oxygen atoms in total. The maximum absolute atomic E-state index is 13.8. The van der Waals surface area contributed by atoms with Gasteiger partial charge >= 0.3 is 0 Å². The van der Waals surface area contributed by atoms with Crippen molar-refractivity contribution in [1.82, 2.24) is 5.32 Å². The molecule has 0 aliphatic heterocycles. The van der Waals surface area contributed by atoms with Crippen molar-refractivity contribution in [3.63, 3.8) is 0 Å². The minimum atomic E-state index is -0.522. The summed E-state index contributed by atoms with van der Waals surface area (Å²) in [7, 11) is 0. The summed E-state index contributed by atoms with van der Waals surface area (Å²) >= 11 is 0. The van der Waals surface area contributed by atoms with Gasteiger partial charge in [-0.25, -0.2) is 8.78 Å². The van der Waals surface area contributed by atoms with Crippen LogP contribution in [0.5, 0.6) is 0 Å². The van der Waals surface area contributed by atoms with Gasteiger partial charge in [0.25, 0.3) is 0 Å². The quantitative estimate of drug-likeness (QED) is 0.807. The first-order chi connectivity index (χ1) is 8.47. The second-order valence-electron chi connectivity index (χ2n) is 5.18. The normalized spacial score (nSPS) is 14.8. The highest BCUT2D eigenvalue weighted by Crippen LogP contribution is 2.26. The zero-order chi connectivity index (χ0) is 13.7. The molecule has 0 aliphatic rings. The van der Waals surface area contributed by atoms with E-state index in [0.29, 0.717) is 11.5 Å². The van der Waals surface area contributed by atoms with E-state index in [4.69, 9.17) is 0 Å². The monoisotopic (exact) mass is 255 g/mol. The van der Waals surface area contributed by atoms with Gasteiger partial charge in [0.2, 0.25) is 0 Å². The Morgan fingerprint density at radius 1 is 1.17 bits per heavy atom. The molecular weight excluding hydrogens is 232 g/mol. The molecule has 2 atom stereocenters. The molecule has 18 heavy (non-hydrogen) atoms. The van der Waals surface area contributed by atoms with Crippen molar-refractivity contribution in [2.24, 2.45) is 5.92 Å². The molecule has 1 aromatic carbocycles. The molecule has 0 saturated carbocycles. The summed E-state index contributed by atoms with van der Waals surface area (Å²) in [6, 6.07) is 4.04. The Morgan fingerprint density at radius 2 is 1.83 bits per heavy atom. The average Bonchev–Trinajstić information content (AvgIpc) is 2.28. The second kappa shape index (κ2) is 6.83. The minimum Gasteiger partial charge on any atom is -0.313 e. The zero-order valence-corrected chi connectivity index (χ0v) is 11.6. The molecule has 2 unspecified atom stereocenters. The predicted octanol–water partition coefficient (Wildman–Crippen LogP) is 4.09. The Labute approximate surface area is 109 Å². The summed E-state index contributed by atoms with van der Waals surface area (Å²) in [5.74, 6) is -0.550. The molecule has 0 fully saturated rings. The molecule has 0 spiro atoms. The number of halogens is 2. The minimum absolute atomic E-state index is 0.0251. The maximum Gasteiger partial charge on any atom is 0.129 e. The van der Waals surface area contributed by atoms with E-state index < -0.39 is 11.6 Å². The van der Waals surface area contributed by atoms with Crippen LogP contribution in [-0.4, -0.2) is 12.6 Å². The molecule has 1 aromatic rings. The fourth-order valence-electron chi connectivity index (χ4n) is 2.37. The summed E-state index contributed by atoms with van der Waals surface area (Å²) in [5, 5.41) is 3.45. The molecule has 0 heterocycles. The van der Waals surface area contributed by atoms with Crippen LogP contribution in [0.2, 0.25) is 0 Å². The van der Waals surface area contributed by atoms with E-state index in [-0.39, 0.29) is 12.0 Å². The number of rotatable bonds is 6. The Hall–Kier alpha value is -0.960. The smallest absolute Gasteiger partial charge is 0.129 e. The molecule has 102 valence electrons. The third-order valence-corrected chi connectivity index (χ3v) is 3.34. The number of hydrogen-bond donors (Lipinski definition) is 1. The van der Waals surface area contributed by atoms with Crippen LogP contribution >= 0.6 is 0 Å². The van der Waals surface area contributed by atoms with Gasteiger partial charge in [0, 0.05) is 12.1 Å². The Bertz CT molecular complexity index is 377. The van der Waals surface area contributed by atoms with Crippen LogP contribution in [0.25, 0.3) is 0 Å². The van der Waals surface area contributed by atoms with Gasteiger partial charge in [-0.2, -0.15) is 0 Å².